The number of fused-ring (bicyclic) bond motifs is 1. The third kappa shape index (κ3) is 2.90. The molecule has 0 spiro atoms. The van der Waals surface area contributed by atoms with Crippen molar-refractivity contribution in [1.82, 2.24) is 9.55 Å². The van der Waals surface area contributed by atoms with Crippen molar-refractivity contribution in [2.24, 2.45) is 0 Å². The topological polar surface area (TPSA) is 46.9 Å². The van der Waals surface area contributed by atoms with Gasteiger partial charge in [-0.1, -0.05) is 37.4 Å². The summed E-state index contributed by atoms with van der Waals surface area (Å²) in [4.78, 5) is 16.5. The summed E-state index contributed by atoms with van der Waals surface area (Å²) in [5, 5.41) is 3.81. The van der Waals surface area contributed by atoms with Crippen molar-refractivity contribution < 1.29 is 0 Å². The Morgan fingerprint density at radius 1 is 1.17 bits per heavy atom. The summed E-state index contributed by atoms with van der Waals surface area (Å²) >= 11 is 0. The van der Waals surface area contributed by atoms with Gasteiger partial charge >= 0.3 is 0 Å². The maximum Gasteiger partial charge on any atom is 0.193 e. The zero-order chi connectivity index (χ0) is 16.9. The molecule has 2 aromatic heterocycles. The molecule has 118 valence electrons. The number of allylic oxidation sites excluding steroid dienone is 3. The van der Waals surface area contributed by atoms with Gasteiger partial charge in [-0.15, -0.1) is 0 Å². The Balaban J connectivity index is 2.32. The smallest absolute Gasteiger partial charge is 0.193 e. The van der Waals surface area contributed by atoms with Crippen molar-refractivity contribution in [3.05, 3.63) is 102 Å². The highest BCUT2D eigenvalue weighted by molar-refractivity contribution is 5.82. The van der Waals surface area contributed by atoms with Crippen molar-refractivity contribution in [3.8, 4) is 5.69 Å². The van der Waals surface area contributed by atoms with Crippen LogP contribution in [-0.4, -0.2) is 9.55 Å². The Morgan fingerprint density at radius 3 is 2.67 bits per heavy atom. The van der Waals surface area contributed by atoms with Gasteiger partial charge in [0.25, 0.3) is 0 Å². The molecule has 0 unspecified atom stereocenters. The lowest BCUT2D eigenvalue weighted by Gasteiger charge is -2.18. The molecular formula is C20H17N3O. The van der Waals surface area contributed by atoms with E-state index in [9.17, 15) is 4.79 Å². The molecule has 4 nitrogen and oxygen atoms in total. The SMILES string of the molecule is C=C/C=C(\C=C)Nc1cc(=O)c2cnccc2n1-c1ccccc1. The predicted molar refractivity (Wildman–Crippen MR) is 99.4 cm³/mol. The molecule has 0 saturated carbocycles. The molecular weight excluding hydrogens is 298 g/mol. The van der Waals surface area contributed by atoms with Crippen LogP contribution < -0.4 is 10.7 Å². The first-order valence-corrected chi connectivity index (χ1v) is 7.52. The van der Waals surface area contributed by atoms with E-state index < -0.39 is 0 Å². The predicted octanol–water partition coefficient (Wildman–Crippen LogP) is 4.05. The molecule has 0 fully saturated rings. The molecule has 0 saturated heterocycles. The lowest BCUT2D eigenvalue weighted by atomic mass is 10.2. The van der Waals surface area contributed by atoms with Crippen LogP contribution in [-0.2, 0) is 0 Å². The second-order valence-corrected chi connectivity index (χ2v) is 5.14. The van der Waals surface area contributed by atoms with Crippen LogP contribution in [0.1, 0.15) is 0 Å². The van der Waals surface area contributed by atoms with Crippen molar-refractivity contribution in [3.63, 3.8) is 0 Å². The van der Waals surface area contributed by atoms with Crippen LogP contribution in [0.4, 0.5) is 5.82 Å². The molecule has 4 heteroatoms. The molecule has 3 rings (SSSR count). The van der Waals surface area contributed by atoms with E-state index in [-0.39, 0.29) is 5.43 Å². The average molecular weight is 315 g/mol. The molecule has 1 N–H and O–H groups in total. The van der Waals surface area contributed by atoms with Gasteiger partial charge in [0.1, 0.15) is 5.82 Å². The maximum atomic E-state index is 12.5. The number of aromatic nitrogens is 2. The first kappa shape index (κ1) is 15.5. The fourth-order valence-corrected chi connectivity index (χ4v) is 2.55. The third-order valence-corrected chi connectivity index (χ3v) is 3.62. The highest BCUT2D eigenvalue weighted by Crippen LogP contribution is 2.22. The van der Waals surface area contributed by atoms with Gasteiger partial charge in [-0.2, -0.15) is 0 Å². The van der Waals surface area contributed by atoms with Crippen LogP contribution in [0.15, 0.2) is 96.7 Å². The van der Waals surface area contributed by atoms with E-state index in [1.807, 2.05) is 41.0 Å². The first-order chi connectivity index (χ1) is 11.7. The Bertz CT molecular complexity index is 985. The largest absolute Gasteiger partial charge is 0.341 e. The average Bonchev–Trinajstić information content (AvgIpc) is 2.62. The summed E-state index contributed by atoms with van der Waals surface area (Å²) < 4.78 is 1.98. The summed E-state index contributed by atoms with van der Waals surface area (Å²) in [6.07, 6.45) is 8.41. The molecule has 0 bridgehead atoms. The Labute approximate surface area is 140 Å². The zero-order valence-electron chi connectivity index (χ0n) is 13.1. The standard InChI is InChI=1S/C20H17N3O/c1-3-8-15(4-2)22-20-13-19(24)17-14-21-12-11-18(17)23(20)16-9-6-5-7-10-16/h3-14,22H,1-2H2/b15-8+. The molecule has 24 heavy (non-hydrogen) atoms. The van der Waals surface area contributed by atoms with Gasteiger partial charge < -0.3 is 5.32 Å². The van der Waals surface area contributed by atoms with E-state index >= 15 is 0 Å². The molecule has 0 aliphatic rings. The number of rotatable bonds is 5. The van der Waals surface area contributed by atoms with Crippen molar-refractivity contribution >= 4 is 16.7 Å². The second-order valence-electron chi connectivity index (χ2n) is 5.14. The van der Waals surface area contributed by atoms with Gasteiger partial charge in [-0.05, 0) is 30.4 Å². The molecule has 2 heterocycles. The minimum absolute atomic E-state index is 0.0882. The normalized spacial score (nSPS) is 11.2. The van der Waals surface area contributed by atoms with Crippen molar-refractivity contribution in [2.45, 2.75) is 0 Å². The lowest BCUT2D eigenvalue weighted by Crippen LogP contribution is -2.14. The van der Waals surface area contributed by atoms with E-state index in [0.29, 0.717) is 11.2 Å². The van der Waals surface area contributed by atoms with Crippen LogP contribution >= 0.6 is 0 Å². The third-order valence-electron chi connectivity index (χ3n) is 3.62. The Morgan fingerprint density at radius 2 is 1.96 bits per heavy atom. The van der Waals surface area contributed by atoms with Crippen LogP contribution in [0, 0.1) is 0 Å². The molecule has 0 atom stereocenters. The number of benzene rings is 1. The van der Waals surface area contributed by atoms with E-state index in [1.165, 1.54) is 0 Å². The number of nitrogens with zero attached hydrogens (tertiary/aromatic N) is 2. The summed E-state index contributed by atoms with van der Waals surface area (Å²) in [6.45, 7) is 7.48. The molecule has 3 aromatic rings. The second kappa shape index (κ2) is 6.79. The van der Waals surface area contributed by atoms with Gasteiger partial charge in [-0.25, -0.2) is 0 Å². The number of para-hydroxylation sites is 1. The number of anilines is 1. The Kier molecular flexibility index (Phi) is 4.38. The summed E-state index contributed by atoms with van der Waals surface area (Å²) in [6, 6.07) is 13.2. The molecule has 0 aliphatic heterocycles. The molecule has 0 radical (unpaired) electrons. The minimum Gasteiger partial charge on any atom is -0.341 e. The Hall–Kier alpha value is -3.40. The molecule has 0 aliphatic carbocycles. The van der Waals surface area contributed by atoms with Gasteiger partial charge in [0.05, 0.1) is 10.9 Å². The van der Waals surface area contributed by atoms with Crippen LogP contribution in [0.25, 0.3) is 16.6 Å². The van der Waals surface area contributed by atoms with Gasteiger partial charge in [-0.3, -0.25) is 14.3 Å². The van der Waals surface area contributed by atoms with E-state index in [4.69, 9.17) is 0 Å². The van der Waals surface area contributed by atoms with Crippen LogP contribution in [0.5, 0.6) is 0 Å². The van der Waals surface area contributed by atoms with Crippen LogP contribution in [0.2, 0.25) is 0 Å². The molecule has 0 amide bonds. The maximum absolute atomic E-state index is 12.5. The van der Waals surface area contributed by atoms with Crippen molar-refractivity contribution in [1.29, 1.82) is 0 Å². The van der Waals surface area contributed by atoms with Gasteiger partial charge in [0.2, 0.25) is 0 Å². The van der Waals surface area contributed by atoms with E-state index in [2.05, 4.69) is 23.5 Å². The first-order valence-electron chi connectivity index (χ1n) is 7.52. The fourth-order valence-electron chi connectivity index (χ4n) is 2.55. The number of nitrogens with one attached hydrogen (secondary N) is 1. The van der Waals surface area contributed by atoms with Gasteiger partial charge in [0, 0.05) is 29.8 Å². The number of hydrogen-bond donors (Lipinski definition) is 1. The summed E-state index contributed by atoms with van der Waals surface area (Å²) in [7, 11) is 0. The van der Waals surface area contributed by atoms with E-state index in [0.717, 1.165) is 16.9 Å². The highest BCUT2D eigenvalue weighted by atomic mass is 16.1. The number of pyridine rings is 2. The quantitative estimate of drug-likeness (QED) is 0.722. The van der Waals surface area contributed by atoms with Gasteiger partial charge in [0.15, 0.2) is 5.43 Å². The number of hydrogen-bond acceptors (Lipinski definition) is 3. The molecule has 1 aromatic carbocycles. The minimum atomic E-state index is -0.0882. The monoisotopic (exact) mass is 315 g/mol. The van der Waals surface area contributed by atoms with E-state index in [1.54, 1.807) is 36.7 Å². The van der Waals surface area contributed by atoms with Crippen molar-refractivity contribution in [2.75, 3.05) is 5.32 Å². The lowest BCUT2D eigenvalue weighted by molar-refractivity contribution is 1.09. The van der Waals surface area contributed by atoms with Crippen LogP contribution in [0.3, 0.4) is 0 Å². The summed E-state index contributed by atoms with van der Waals surface area (Å²) in [5.41, 5.74) is 2.39. The zero-order valence-corrected chi connectivity index (χ0v) is 13.1. The fraction of sp³-hybridized carbons (Fsp3) is 0. The highest BCUT2D eigenvalue weighted by Gasteiger charge is 2.11. The summed E-state index contributed by atoms with van der Waals surface area (Å²) in [5.74, 6) is 0.651.